The molecule has 15 heteroatoms. The van der Waals surface area contributed by atoms with Gasteiger partial charge in [0.2, 0.25) is 0 Å². The number of carbonyl (C=O) groups excluding carboxylic acids is 1. The lowest BCUT2D eigenvalue weighted by Crippen LogP contribution is -2.47. The Balaban J connectivity index is 1.06. The second-order valence-electron chi connectivity index (χ2n) is 10.3. The summed E-state index contributed by atoms with van der Waals surface area (Å²) in [7, 11) is 0. The van der Waals surface area contributed by atoms with Crippen molar-refractivity contribution in [2.24, 2.45) is 0 Å². The van der Waals surface area contributed by atoms with Gasteiger partial charge in [-0.3, -0.25) is 4.90 Å². The Morgan fingerprint density at radius 1 is 0.778 bits per heavy atom. The van der Waals surface area contributed by atoms with Crippen molar-refractivity contribution in [2.75, 3.05) is 63.9 Å². The fourth-order valence-electron chi connectivity index (χ4n) is 5.11. The summed E-state index contributed by atoms with van der Waals surface area (Å²) in [5.74, 6) is -0.658. The molecule has 1 saturated heterocycles. The zero-order valence-electron chi connectivity index (χ0n) is 23.6. The number of piperazine rings is 1. The van der Waals surface area contributed by atoms with Gasteiger partial charge in [-0.2, -0.15) is 13.2 Å². The number of halogens is 8. The van der Waals surface area contributed by atoms with Crippen molar-refractivity contribution >= 4 is 87.1 Å². The summed E-state index contributed by atoms with van der Waals surface area (Å²) in [6.07, 6.45) is -3.62. The molecule has 6 nitrogen and oxygen atoms in total. The lowest BCUT2D eigenvalue weighted by atomic mass is 10.1. The molecule has 0 N–H and O–H groups in total. The lowest BCUT2D eigenvalue weighted by Gasteiger charge is -2.36. The summed E-state index contributed by atoms with van der Waals surface area (Å²) in [5.41, 5.74) is 0.863. The predicted molar refractivity (Wildman–Crippen MR) is 174 cm³/mol. The number of benzene rings is 3. The topological polar surface area (TPSA) is 45.3 Å². The molecule has 0 saturated carbocycles. The molecule has 242 valence electrons. The van der Waals surface area contributed by atoms with Gasteiger partial charge >= 0.3 is 12.1 Å². The van der Waals surface area contributed by atoms with E-state index in [4.69, 9.17) is 67.5 Å². The predicted octanol–water partition coefficient (Wildman–Crippen LogP) is 9.21. The highest BCUT2D eigenvalue weighted by atomic mass is 35.5. The molecule has 2 heterocycles. The average molecular weight is 744 g/mol. The van der Waals surface area contributed by atoms with Crippen LogP contribution in [-0.2, 0) is 15.7 Å². The Hall–Kier alpha value is -1.76. The number of fused-ring (bicyclic) bond motifs is 2. The minimum absolute atomic E-state index is 0.0101. The number of nitrogens with zero attached hydrogens (tertiary/aromatic N) is 3. The van der Waals surface area contributed by atoms with Gasteiger partial charge in [0.15, 0.2) is 12.4 Å². The summed E-state index contributed by atoms with van der Waals surface area (Å²) in [4.78, 5) is 20.6. The maximum Gasteiger partial charge on any atom is 0.416 e. The molecule has 0 unspecified atom stereocenters. The summed E-state index contributed by atoms with van der Waals surface area (Å²) in [6.45, 7) is 4.94. The summed E-state index contributed by atoms with van der Waals surface area (Å²) in [5, 5.41) is -0.181. The van der Waals surface area contributed by atoms with Crippen molar-refractivity contribution in [3.8, 4) is 5.75 Å². The largest absolute Gasteiger partial charge is 0.479 e. The van der Waals surface area contributed by atoms with E-state index in [2.05, 4.69) is 9.80 Å². The van der Waals surface area contributed by atoms with E-state index in [1.165, 1.54) is 17.8 Å². The third-order valence-corrected chi connectivity index (χ3v) is 10.8. The first-order valence-electron chi connectivity index (χ1n) is 13.9. The highest BCUT2D eigenvalue weighted by molar-refractivity contribution is 7.99. The van der Waals surface area contributed by atoms with E-state index in [1.54, 1.807) is 6.07 Å². The van der Waals surface area contributed by atoms with Gasteiger partial charge in [-0.25, -0.2) is 4.79 Å². The van der Waals surface area contributed by atoms with Crippen LogP contribution in [0.3, 0.4) is 0 Å². The van der Waals surface area contributed by atoms with E-state index in [1.807, 2.05) is 29.2 Å². The molecule has 3 aromatic carbocycles. The number of para-hydroxylation sites is 1. The van der Waals surface area contributed by atoms with Crippen molar-refractivity contribution in [1.29, 1.82) is 0 Å². The zero-order chi connectivity index (χ0) is 32.3. The van der Waals surface area contributed by atoms with Gasteiger partial charge in [-0.15, -0.1) is 0 Å². The minimum atomic E-state index is -4.41. The summed E-state index contributed by atoms with van der Waals surface area (Å²) in [6, 6.07) is 11.8. The molecule has 5 rings (SSSR count). The molecule has 2 aliphatic rings. The van der Waals surface area contributed by atoms with Crippen LogP contribution in [0, 0.1) is 0 Å². The number of carbonyl (C=O) groups is 1. The van der Waals surface area contributed by atoms with Crippen molar-refractivity contribution < 1.29 is 27.4 Å². The van der Waals surface area contributed by atoms with E-state index in [0.29, 0.717) is 18.8 Å². The monoisotopic (exact) mass is 741 g/mol. The molecule has 0 aromatic heterocycles. The standard InChI is InChI=1S/C30H27Cl5F3N3O3S/c31-24-25(32)27(34)29(28(35)26(24)33)44-17-23(42)43-15-14-40-12-10-39(11-13-40)8-3-9-41-19-4-1-2-5-21(19)45-22-7-6-18(16-20(22)41)30(36,37)38/h1-2,4-7,16H,3,8-15,17H2. The van der Waals surface area contributed by atoms with Gasteiger partial charge in [0, 0.05) is 49.1 Å². The van der Waals surface area contributed by atoms with E-state index in [9.17, 15) is 18.0 Å². The third-order valence-electron chi connectivity index (χ3n) is 7.45. The number of hydrogen-bond donors (Lipinski definition) is 0. The SMILES string of the molecule is O=C(COc1c(Cl)c(Cl)c(Cl)c(Cl)c1Cl)OCCN1CCN(CCCN2c3ccccc3Sc3ccc(C(F)(F)F)cc32)CC1. The van der Waals surface area contributed by atoms with Gasteiger partial charge in [-0.05, 0) is 43.3 Å². The van der Waals surface area contributed by atoms with Crippen LogP contribution >= 0.6 is 69.8 Å². The maximum atomic E-state index is 13.5. The summed E-state index contributed by atoms with van der Waals surface area (Å²) >= 11 is 31.7. The third kappa shape index (κ3) is 8.22. The maximum absolute atomic E-state index is 13.5. The van der Waals surface area contributed by atoms with Gasteiger partial charge < -0.3 is 19.3 Å². The molecule has 0 amide bonds. The second-order valence-corrected chi connectivity index (χ2v) is 13.3. The molecular weight excluding hydrogens is 717 g/mol. The van der Waals surface area contributed by atoms with E-state index in [0.717, 1.165) is 60.7 Å². The first-order valence-corrected chi connectivity index (χ1v) is 16.6. The quantitative estimate of drug-likeness (QED) is 0.117. The molecule has 2 aliphatic heterocycles. The first-order chi connectivity index (χ1) is 21.4. The molecule has 1 fully saturated rings. The van der Waals surface area contributed by atoms with Crippen molar-refractivity contribution in [2.45, 2.75) is 22.4 Å². The number of anilines is 2. The smallest absolute Gasteiger partial charge is 0.416 e. The average Bonchev–Trinajstić information content (AvgIpc) is 3.02. The molecule has 0 radical (unpaired) electrons. The number of rotatable bonds is 10. The van der Waals surface area contributed by atoms with E-state index < -0.39 is 24.3 Å². The molecule has 0 spiro atoms. The zero-order valence-corrected chi connectivity index (χ0v) is 28.2. The number of esters is 1. The van der Waals surface area contributed by atoms with Crippen molar-refractivity contribution in [1.82, 2.24) is 9.80 Å². The van der Waals surface area contributed by atoms with E-state index >= 15 is 0 Å². The fourth-order valence-corrected chi connectivity index (χ4v) is 7.41. The van der Waals surface area contributed by atoms with Gasteiger partial charge in [0.1, 0.15) is 16.7 Å². The molecule has 45 heavy (non-hydrogen) atoms. The Bertz CT molecular complexity index is 1530. The molecule has 0 aliphatic carbocycles. The van der Waals surface area contributed by atoms with Crippen LogP contribution in [0.15, 0.2) is 52.3 Å². The highest BCUT2D eigenvalue weighted by Crippen LogP contribution is 2.50. The number of ether oxygens (including phenoxy) is 2. The van der Waals surface area contributed by atoms with Crippen LogP contribution in [0.4, 0.5) is 24.5 Å². The van der Waals surface area contributed by atoms with E-state index in [-0.39, 0.29) is 37.5 Å². The Labute approximate surface area is 288 Å². The fraction of sp³-hybridized carbons (Fsp3) is 0.367. The number of alkyl halides is 3. The molecular formula is C30H27Cl5F3N3O3S. The van der Waals surface area contributed by atoms with Crippen LogP contribution in [0.2, 0.25) is 25.1 Å². The molecule has 0 bridgehead atoms. The Morgan fingerprint density at radius 2 is 1.38 bits per heavy atom. The highest BCUT2D eigenvalue weighted by Gasteiger charge is 2.33. The molecule has 0 atom stereocenters. The minimum Gasteiger partial charge on any atom is -0.479 e. The van der Waals surface area contributed by atoms with Gasteiger partial charge in [-0.1, -0.05) is 81.9 Å². The number of hydrogen-bond acceptors (Lipinski definition) is 7. The normalized spacial score (nSPS) is 15.5. The van der Waals surface area contributed by atoms with Crippen LogP contribution in [0.1, 0.15) is 12.0 Å². The van der Waals surface area contributed by atoms with Crippen LogP contribution in [-0.4, -0.2) is 74.8 Å². The first kappa shape index (κ1) is 34.6. The van der Waals surface area contributed by atoms with Gasteiger partial charge in [0.05, 0.1) is 32.0 Å². The molecule has 3 aromatic rings. The van der Waals surface area contributed by atoms with Crippen LogP contribution < -0.4 is 9.64 Å². The van der Waals surface area contributed by atoms with Crippen LogP contribution in [0.25, 0.3) is 0 Å². The van der Waals surface area contributed by atoms with Crippen molar-refractivity contribution in [3.63, 3.8) is 0 Å². The summed E-state index contributed by atoms with van der Waals surface area (Å²) < 4.78 is 51.2. The van der Waals surface area contributed by atoms with Gasteiger partial charge in [0.25, 0.3) is 0 Å². The Kier molecular flexibility index (Phi) is 11.5. The Morgan fingerprint density at radius 3 is 2.04 bits per heavy atom. The second kappa shape index (κ2) is 15.0. The van der Waals surface area contributed by atoms with Crippen LogP contribution in [0.5, 0.6) is 5.75 Å². The lowest BCUT2D eigenvalue weighted by molar-refractivity contribution is -0.146. The van der Waals surface area contributed by atoms with Crippen molar-refractivity contribution in [3.05, 3.63) is 73.1 Å².